The van der Waals surface area contributed by atoms with Crippen LogP contribution in [0.3, 0.4) is 0 Å². The van der Waals surface area contributed by atoms with Crippen molar-refractivity contribution in [2.75, 3.05) is 30.4 Å². The van der Waals surface area contributed by atoms with E-state index in [9.17, 15) is 24.2 Å². The molecule has 3 unspecified atom stereocenters. The largest absolute Gasteiger partial charge is 0.387 e. The Morgan fingerprint density at radius 3 is 1.73 bits per heavy atom. The fourth-order valence-electron chi connectivity index (χ4n) is 6.85. The molecule has 0 radical (unpaired) electrons. The average molecular weight is 795 g/mol. The highest BCUT2D eigenvalue weighted by molar-refractivity contribution is 7.71. The van der Waals surface area contributed by atoms with Gasteiger partial charge in [0.05, 0.1) is 6.33 Å². The van der Waals surface area contributed by atoms with E-state index in [2.05, 4.69) is 38.8 Å². The van der Waals surface area contributed by atoms with E-state index in [1.165, 1.54) is 114 Å². The van der Waals surface area contributed by atoms with Crippen LogP contribution in [0.5, 0.6) is 0 Å². The second kappa shape index (κ2) is 23.7. The van der Waals surface area contributed by atoms with Gasteiger partial charge in [-0.2, -0.15) is 9.97 Å². The van der Waals surface area contributed by atoms with E-state index < -0.39 is 52.1 Å². The molecule has 0 aliphatic carbocycles. The number of nitrogens with one attached hydrogen (secondary N) is 1. The fourth-order valence-corrected chi connectivity index (χ4v) is 9.87. The van der Waals surface area contributed by atoms with Crippen LogP contribution in [0.15, 0.2) is 6.33 Å². The van der Waals surface area contributed by atoms with Crippen molar-refractivity contribution in [3.05, 3.63) is 11.6 Å². The van der Waals surface area contributed by atoms with Crippen molar-refractivity contribution in [2.24, 2.45) is 0 Å². The number of ether oxygens (including phenoxy) is 1. The molecule has 0 aromatic carbocycles. The summed E-state index contributed by atoms with van der Waals surface area (Å²) in [5.74, 6) is -0.668. The first-order chi connectivity index (χ1) is 24.9. The minimum absolute atomic E-state index is 0.00491. The van der Waals surface area contributed by atoms with Crippen molar-refractivity contribution in [3.63, 3.8) is 0 Å². The summed E-state index contributed by atoms with van der Waals surface area (Å²) in [5, 5.41) is 23.9. The van der Waals surface area contributed by atoms with Crippen LogP contribution in [0, 0.1) is 0 Å². The molecule has 2 aromatic heterocycles. The first-order valence-electron chi connectivity index (χ1n) is 19.6. The van der Waals surface area contributed by atoms with E-state index in [1.807, 2.05) is 0 Å². The van der Waals surface area contributed by atoms with Gasteiger partial charge in [0.15, 0.2) is 23.2 Å². The Morgan fingerprint density at radius 2 is 1.25 bits per heavy atom. The van der Waals surface area contributed by atoms with Crippen LogP contribution in [-0.4, -0.2) is 88.3 Å². The molecular formula is C35H65ClN6O8P2. The summed E-state index contributed by atoms with van der Waals surface area (Å²) in [6.07, 6.45) is 20.9. The molecule has 1 fully saturated rings. The lowest BCUT2D eigenvalue weighted by molar-refractivity contribution is -0.0331. The van der Waals surface area contributed by atoms with Gasteiger partial charge < -0.3 is 34.5 Å². The Kier molecular flexibility index (Phi) is 20.6. The van der Waals surface area contributed by atoms with Crippen molar-refractivity contribution >= 4 is 43.7 Å². The lowest BCUT2D eigenvalue weighted by Gasteiger charge is -2.24. The SMILES string of the molecule is CCCCCCCCCCCCN(CCCCCCCCCCCC)c1nc(Cl)nc2c1ncn2[C@@H]1O[C@H](CNP(=O)(O)CP(=O)(O)O)C(O)C1O. The van der Waals surface area contributed by atoms with E-state index in [0.29, 0.717) is 17.0 Å². The standard InChI is InChI=1S/C35H65ClN6O8P2/c1-3-5-7-9-11-13-15-17-19-21-23-41(24-22-20-18-16-14-12-10-8-6-4-2)32-29-33(40-35(36)39-32)42(26-37-29)34-31(44)30(43)28(50-34)25-38-51(45,46)27-52(47,48)49/h26,28,30-31,34,43-44H,3-25,27H2,1-2H3,(H2,38,45,46)(H2,47,48,49)/t28-,30?,31?,34-/m1/s1. The van der Waals surface area contributed by atoms with Gasteiger partial charge >= 0.3 is 7.60 Å². The monoisotopic (exact) mass is 794 g/mol. The first-order valence-corrected chi connectivity index (χ1v) is 23.7. The number of hydrogen-bond donors (Lipinski definition) is 6. The van der Waals surface area contributed by atoms with Gasteiger partial charge in [0.1, 0.15) is 24.2 Å². The number of nitrogens with zero attached hydrogens (tertiary/aromatic N) is 5. The molecule has 6 N–H and O–H groups in total. The zero-order valence-electron chi connectivity index (χ0n) is 31.3. The lowest BCUT2D eigenvalue weighted by Crippen LogP contribution is -2.37. The summed E-state index contributed by atoms with van der Waals surface area (Å²) in [5.41, 5.74) is 0.794. The predicted molar refractivity (Wildman–Crippen MR) is 207 cm³/mol. The maximum Gasteiger partial charge on any atom is 0.336 e. The van der Waals surface area contributed by atoms with Gasteiger partial charge in [0.25, 0.3) is 7.52 Å². The molecule has 1 aliphatic rings. The van der Waals surface area contributed by atoms with Crippen LogP contribution in [0.4, 0.5) is 5.82 Å². The van der Waals surface area contributed by atoms with Gasteiger partial charge in [-0.25, -0.2) is 10.1 Å². The molecule has 3 rings (SSSR count). The quantitative estimate of drug-likeness (QED) is 0.0266. The van der Waals surface area contributed by atoms with Crippen molar-refractivity contribution in [3.8, 4) is 0 Å². The molecule has 2 aromatic rings. The maximum absolute atomic E-state index is 12.3. The number of aliphatic hydroxyl groups excluding tert-OH is 2. The number of aliphatic hydroxyl groups is 2. The first kappa shape index (κ1) is 45.2. The number of hydrogen-bond acceptors (Lipinski definition) is 9. The Labute approximate surface area is 315 Å². The summed E-state index contributed by atoms with van der Waals surface area (Å²) in [7, 11) is -9.23. The van der Waals surface area contributed by atoms with Crippen molar-refractivity contribution < 1.29 is 38.8 Å². The van der Waals surface area contributed by atoms with Crippen molar-refractivity contribution in [1.82, 2.24) is 24.6 Å². The van der Waals surface area contributed by atoms with E-state index in [0.717, 1.165) is 38.8 Å². The molecule has 0 saturated carbocycles. The van der Waals surface area contributed by atoms with Gasteiger partial charge in [0.2, 0.25) is 5.28 Å². The summed E-state index contributed by atoms with van der Waals surface area (Å²) in [6, 6.07) is 0. The zero-order chi connectivity index (χ0) is 38.0. The molecule has 17 heteroatoms. The molecule has 1 aliphatic heterocycles. The molecule has 1 saturated heterocycles. The van der Waals surface area contributed by atoms with Crippen LogP contribution in [0.25, 0.3) is 11.2 Å². The number of fused-ring (bicyclic) bond motifs is 1. The highest BCUT2D eigenvalue weighted by Crippen LogP contribution is 2.52. The molecule has 3 heterocycles. The molecule has 0 bridgehead atoms. The van der Waals surface area contributed by atoms with E-state index in [1.54, 1.807) is 0 Å². The minimum Gasteiger partial charge on any atom is -0.387 e. The molecule has 5 atom stereocenters. The number of unbranched alkanes of at least 4 members (excludes halogenated alkanes) is 18. The van der Waals surface area contributed by atoms with Crippen molar-refractivity contribution in [2.45, 2.75) is 167 Å². The molecular weight excluding hydrogens is 730 g/mol. The second-order valence-electron chi connectivity index (χ2n) is 14.4. The van der Waals surface area contributed by atoms with E-state index in [4.69, 9.17) is 26.1 Å². The number of rotatable bonds is 29. The van der Waals surface area contributed by atoms with Gasteiger partial charge in [-0.1, -0.05) is 129 Å². The van der Waals surface area contributed by atoms with Crippen LogP contribution in [-0.2, 0) is 13.9 Å². The average Bonchev–Trinajstić information content (AvgIpc) is 3.62. The third-order valence-corrected chi connectivity index (χ3v) is 13.6. The summed E-state index contributed by atoms with van der Waals surface area (Å²) in [6.45, 7) is 5.61. The summed E-state index contributed by atoms with van der Waals surface area (Å²) >= 11 is 6.50. The fraction of sp³-hybridized carbons (Fsp3) is 0.857. The number of aromatic nitrogens is 4. The highest BCUT2D eigenvalue weighted by Gasteiger charge is 2.45. The van der Waals surface area contributed by atoms with Gasteiger partial charge in [-0.05, 0) is 24.4 Å². The van der Waals surface area contributed by atoms with E-state index >= 15 is 0 Å². The smallest absolute Gasteiger partial charge is 0.336 e. The summed E-state index contributed by atoms with van der Waals surface area (Å²) in [4.78, 5) is 44.1. The van der Waals surface area contributed by atoms with Crippen LogP contribution in [0.2, 0.25) is 5.28 Å². The summed E-state index contributed by atoms with van der Waals surface area (Å²) < 4.78 is 30.9. The van der Waals surface area contributed by atoms with Crippen LogP contribution >= 0.6 is 26.7 Å². The maximum atomic E-state index is 12.3. The van der Waals surface area contributed by atoms with Crippen LogP contribution in [0.1, 0.15) is 148 Å². The molecule has 14 nitrogen and oxygen atoms in total. The Bertz CT molecular complexity index is 1380. The lowest BCUT2D eigenvalue weighted by atomic mass is 10.1. The number of halogens is 1. The third-order valence-electron chi connectivity index (χ3n) is 9.77. The van der Waals surface area contributed by atoms with Gasteiger partial charge in [-0.3, -0.25) is 13.7 Å². The topological polar surface area (TPSA) is 203 Å². The second-order valence-corrected chi connectivity index (χ2v) is 18.9. The van der Waals surface area contributed by atoms with Gasteiger partial charge in [-0.15, -0.1) is 0 Å². The molecule has 52 heavy (non-hydrogen) atoms. The molecule has 0 spiro atoms. The van der Waals surface area contributed by atoms with Gasteiger partial charge in [0, 0.05) is 19.6 Å². The van der Waals surface area contributed by atoms with Crippen molar-refractivity contribution in [1.29, 1.82) is 0 Å². The highest BCUT2D eigenvalue weighted by atomic mass is 35.5. The molecule has 0 amide bonds. The normalized spacial score (nSPS) is 20.5. The Morgan fingerprint density at radius 1 is 0.769 bits per heavy atom. The number of imidazole rings is 1. The predicted octanol–water partition coefficient (Wildman–Crippen LogP) is 7.66. The van der Waals surface area contributed by atoms with Crippen LogP contribution < -0.4 is 9.99 Å². The molecule has 300 valence electrons. The third kappa shape index (κ3) is 15.9. The Hall–Kier alpha value is -1.18. The minimum atomic E-state index is -4.78. The Balaban J connectivity index is 1.67. The number of anilines is 1. The van der Waals surface area contributed by atoms with E-state index in [-0.39, 0.29) is 5.28 Å². The zero-order valence-corrected chi connectivity index (χ0v) is 33.9.